The average Bonchev–Trinajstić information content (AvgIpc) is 2.35. The predicted octanol–water partition coefficient (Wildman–Crippen LogP) is 1.20. The van der Waals surface area contributed by atoms with Crippen LogP contribution in [0.25, 0.3) is 0 Å². The normalized spacial score (nSPS) is 18.4. The molecule has 0 amide bonds. The van der Waals surface area contributed by atoms with Crippen molar-refractivity contribution in [2.45, 2.75) is 18.4 Å². The van der Waals surface area contributed by atoms with E-state index in [1.54, 1.807) is 0 Å². The highest BCUT2D eigenvalue weighted by molar-refractivity contribution is 6.28. The first kappa shape index (κ1) is 11.9. The van der Waals surface area contributed by atoms with Crippen molar-refractivity contribution in [1.82, 2.24) is 9.97 Å². The van der Waals surface area contributed by atoms with Crippen LogP contribution < -0.4 is 11.1 Å². The van der Waals surface area contributed by atoms with Crippen LogP contribution in [0.15, 0.2) is 6.20 Å². The van der Waals surface area contributed by atoms with Crippen molar-refractivity contribution in [2.75, 3.05) is 24.3 Å². The van der Waals surface area contributed by atoms with Gasteiger partial charge in [-0.2, -0.15) is 10.2 Å². The number of anilines is 2. The molecule has 1 aromatic rings. The zero-order chi connectivity index (χ0) is 12.3. The van der Waals surface area contributed by atoms with Crippen LogP contribution in [-0.4, -0.2) is 28.7 Å². The predicted molar refractivity (Wildman–Crippen MR) is 63.5 cm³/mol. The van der Waals surface area contributed by atoms with E-state index in [4.69, 9.17) is 22.1 Å². The van der Waals surface area contributed by atoms with E-state index in [9.17, 15) is 5.26 Å². The second-order valence-corrected chi connectivity index (χ2v) is 4.21. The van der Waals surface area contributed by atoms with Crippen molar-refractivity contribution in [3.05, 3.63) is 11.5 Å². The Bertz CT molecular complexity index is 452. The summed E-state index contributed by atoms with van der Waals surface area (Å²) in [5.74, 6) is 0.397. The van der Waals surface area contributed by atoms with Crippen LogP contribution in [0.4, 0.5) is 11.5 Å². The number of nitrogens with one attached hydrogen (secondary N) is 1. The van der Waals surface area contributed by atoms with Gasteiger partial charge in [0, 0.05) is 26.1 Å². The highest BCUT2D eigenvalue weighted by Gasteiger charge is 2.33. The van der Waals surface area contributed by atoms with Crippen LogP contribution >= 0.6 is 11.6 Å². The molecule has 0 aliphatic carbocycles. The first-order valence-corrected chi connectivity index (χ1v) is 5.58. The van der Waals surface area contributed by atoms with Gasteiger partial charge in [-0.25, -0.2) is 4.98 Å². The van der Waals surface area contributed by atoms with Crippen molar-refractivity contribution >= 4 is 23.1 Å². The van der Waals surface area contributed by atoms with Gasteiger partial charge in [0.2, 0.25) is 5.28 Å². The van der Waals surface area contributed by atoms with Gasteiger partial charge in [-0.1, -0.05) is 0 Å². The molecular weight excluding hydrogens is 242 g/mol. The van der Waals surface area contributed by atoms with Gasteiger partial charge in [-0.3, -0.25) is 0 Å². The standard InChI is InChI=1S/C10H12ClN5O/c11-9-14-5-7(13)8(15-9)16-10(6-12)1-3-17-4-2-10/h5H,1-4,13H2,(H,14,15,16). The molecule has 1 saturated heterocycles. The molecule has 0 radical (unpaired) electrons. The van der Waals surface area contributed by atoms with E-state index in [2.05, 4.69) is 21.4 Å². The maximum atomic E-state index is 9.28. The van der Waals surface area contributed by atoms with Crippen molar-refractivity contribution in [1.29, 1.82) is 5.26 Å². The van der Waals surface area contributed by atoms with Crippen LogP contribution in [0.2, 0.25) is 5.28 Å². The van der Waals surface area contributed by atoms with E-state index < -0.39 is 5.54 Å². The molecule has 0 spiro atoms. The fourth-order valence-corrected chi connectivity index (χ4v) is 1.81. The third-order valence-electron chi connectivity index (χ3n) is 2.71. The lowest BCUT2D eigenvalue weighted by Crippen LogP contribution is -2.42. The first-order chi connectivity index (χ1) is 8.15. The summed E-state index contributed by atoms with van der Waals surface area (Å²) < 4.78 is 5.24. The molecule has 0 bridgehead atoms. The summed E-state index contributed by atoms with van der Waals surface area (Å²) in [6.45, 7) is 1.08. The van der Waals surface area contributed by atoms with E-state index in [0.29, 0.717) is 37.6 Å². The fraction of sp³-hybridized carbons (Fsp3) is 0.500. The number of nitriles is 1. The van der Waals surface area contributed by atoms with Gasteiger partial charge in [0.1, 0.15) is 5.54 Å². The van der Waals surface area contributed by atoms with Crippen molar-refractivity contribution in [3.63, 3.8) is 0 Å². The maximum absolute atomic E-state index is 9.28. The highest BCUT2D eigenvalue weighted by atomic mass is 35.5. The molecule has 0 unspecified atom stereocenters. The largest absolute Gasteiger partial charge is 0.394 e. The smallest absolute Gasteiger partial charge is 0.224 e. The summed E-state index contributed by atoms with van der Waals surface area (Å²) >= 11 is 5.70. The number of ether oxygens (including phenoxy) is 1. The summed E-state index contributed by atoms with van der Waals surface area (Å²) in [6.07, 6.45) is 2.59. The van der Waals surface area contributed by atoms with Crippen molar-refractivity contribution < 1.29 is 4.74 Å². The van der Waals surface area contributed by atoms with E-state index in [-0.39, 0.29) is 5.28 Å². The number of nitrogens with two attached hydrogens (primary N) is 1. The zero-order valence-corrected chi connectivity index (χ0v) is 9.87. The van der Waals surface area contributed by atoms with Crippen LogP contribution in [0.1, 0.15) is 12.8 Å². The Labute approximate surface area is 104 Å². The highest BCUT2D eigenvalue weighted by Crippen LogP contribution is 2.27. The maximum Gasteiger partial charge on any atom is 0.224 e. The van der Waals surface area contributed by atoms with Crippen LogP contribution in [-0.2, 0) is 4.74 Å². The van der Waals surface area contributed by atoms with Crippen LogP contribution in [0.3, 0.4) is 0 Å². The van der Waals surface area contributed by atoms with E-state index in [0.717, 1.165) is 0 Å². The Balaban J connectivity index is 2.23. The number of nitrogen functional groups attached to an aromatic ring is 1. The van der Waals surface area contributed by atoms with Gasteiger partial charge >= 0.3 is 0 Å². The van der Waals surface area contributed by atoms with Gasteiger partial charge in [-0.15, -0.1) is 0 Å². The SMILES string of the molecule is N#CC1(Nc2nc(Cl)ncc2N)CCOCC1. The molecule has 17 heavy (non-hydrogen) atoms. The van der Waals surface area contributed by atoms with Crippen LogP contribution in [0, 0.1) is 11.3 Å². The minimum absolute atomic E-state index is 0.0989. The molecule has 2 rings (SSSR count). The Morgan fingerprint density at radius 1 is 1.53 bits per heavy atom. The molecule has 1 aliphatic rings. The Morgan fingerprint density at radius 2 is 2.24 bits per heavy atom. The Hall–Kier alpha value is -1.58. The second kappa shape index (κ2) is 4.73. The number of nitrogens with zero attached hydrogens (tertiary/aromatic N) is 3. The van der Waals surface area contributed by atoms with Crippen LogP contribution in [0.5, 0.6) is 0 Å². The lowest BCUT2D eigenvalue weighted by Gasteiger charge is -2.32. The monoisotopic (exact) mass is 253 g/mol. The number of halogens is 1. The van der Waals surface area contributed by atoms with E-state index >= 15 is 0 Å². The summed E-state index contributed by atoms with van der Waals surface area (Å²) in [5.41, 5.74) is 5.41. The summed E-state index contributed by atoms with van der Waals surface area (Å²) in [5, 5.41) is 12.4. The van der Waals surface area contributed by atoms with E-state index in [1.807, 2.05) is 0 Å². The van der Waals surface area contributed by atoms with Gasteiger partial charge in [0.15, 0.2) is 5.82 Å². The molecule has 0 saturated carbocycles. The van der Waals surface area contributed by atoms with E-state index in [1.165, 1.54) is 6.20 Å². The molecule has 2 heterocycles. The molecule has 0 aromatic carbocycles. The molecule has 0 atom stereocenters. The molecule has 3 N–H and O–H groups in total. The fourth-order valence-electron chi connectivity index (χ4n) is 1.68. The van der Waals surface area contributed by atoms with Gasteiger partial charge < -0.3 is 15.8 Å². The Morgan fingerprint density at radius 3 is 2.88 bits per heavy atom. The van der Waals surface area contributed by atoms with Gasteiger partial charge in [0.25, 0.3) is 0 Å². The molecule has 6 nitrogen and oxygen atoms in total. The topological polar surface area (TPSA) is 96.9 Å². The molecule has 1 fully saturated rings. The minimum Gasteiger partial charge on any atom is -0.394 e. The average molecular weight is 254 g/mol. The summed E-state index contributed by atoms with van der Waals surface area (Å²) in [6, 6.07) is 2.26. The number of aromatic nitrogens is 2. The molecular formula is C10H12ClN5O. The molecule has 90 valence electrons. The summed E-state index contributed by atoms with van der Waals surface area (Å²) in [4.78, 5) is 7.75. The first-order valence-electron chi connectivity index (χ1n) is 5.20. The lowest BCUT2D eigenvalue weighted by molar-refractivity contribution is 0.0752. The third-order valence-corrected chi connectivity index (χ3v) is 2.89. The number of rotatable bonds is 2. The molecule has 1 aromatic heterocycles. The van der Waals surface area contributed by atoms with Crippen molar-refractivity contribution in [3.8, 4) is 6.07 Å². The zero-order valence-electron chi connectivity index (χ0n) is 9.11. The summed E-state index contributed by atoms with van der Waals surface area (Å²) in [7, 11) is 0. The number of hydrogen-bond acceptors (Lipinski definition) is 6. The molecule has 1 aliphatic heterocycles. The minimum atomic E-state index is -0.690. The molecule has 7 heteroatoms. The van der Waals surface area contributed by atoms with Gasteiger partial charge in [0.05, 0.1) is 18.0 Å². The lowest BCUT2D eigenvalue weighted by atomic mass is 9.92. The second-order valence-electron chi connectivity index (χ2n) is 3.87. The van der Waals surface area contributed by atoms with Gasteiger partial charge in [-0.05, 0) is 11.6 Å². The quantitative estimate of drug-likeness (QED) is 0.769. The Kier molecular flexibility index (Phi) is 3.31. The van der Waals surface area contributed by atoms with Crippen molar-refractivity contribution in [2.24, 2.45) is 0 Å². The number of hydrogen-bond donors (Lipinski definition) is 2. The third kappa shape index (κ3) is 2.57.